The van der Waals surface area contributed by atoms with Crippen LogP contribution in [0.25, 0.3) is 0 Å². The van der Waals surface area contributed by atoms with E-state index >= 15 is 0 Å². The average Bonchev–Trinajstić information content (AvgIpc) is 2.08. The van der Waals surface area contributed by atoms with Gasteiger partial charge in [0.1, 0.15) is 0 Å². The van der Waals surface area contributed by atoms with E-state index in [0.29, 0.717) is 13.1 Å². The van der Waals surface area contributed by atoms with Gasteiger partial charge in [0.25, 0.3) is 0 Å². The second-order valence-corrected chi connectivity index (χ2v) is 6.78. The second kappa shape index (κ2) is 2.56. The fourth-order valence-corrected chi connectivity index (χ4v) is 3.24. The molecule has 0 bridgehead atoms. The largest absolute Gasteiger partial charge is 0.312 e. The van der Waals surface area contributed by atoms with Crippen molar-refractivity contribution in [3.8, 4) is 0 Å². The maximum atomic E-state index is 3.41. The molecule has 1 aliphatic rings. The molecule has 0 aromatic carbocycles. The highest BCUT2D eigenvalue weighted by Crippen LogP contribution is 2.49. The zero-order valence-corrected chi connectivity index (χ0v) is 7.46. The quantitative estimate of drug-likeness (QED) is 0.513. The van der Waals surface area contributed by atoms with Gasteiger partial charge < -0.3 is 5.32 Å². The molecule has 1 atom stereocenters. The minimum atomic E-state index is 0.303. The van der Waals surface area contributed by atoms with Crippen LogP contribution in [0.2, 0.25) is 0 Å². The first-order valence-corrected chi connectivity index (χ1v) is 5.28. The molecule has 1 saturated heterocycles. The van der Waals surface area contributed by atoms with Gasteiger partial charge in [-0.15, -0.1) is 0 Å². The standard InChI is InChI=1S/C7H16NP/c1-7(2,3)9-5-4-8-6-9/h8H,4-6H2,1-3H3. The van der Waals surface area contributed by atoms with Crippen molar-refractivity contribution in [2.75, 3.05) is 19.0 Å². The van der Waals surface area contributed by atoms with E-state index in [1.807, 2.05) is 0 Å². The Labute approximate surface area is 59.0 Å². The van der Waals surface area contributed by atoms with Crippen molar-refractivity contribution in [3.05, 3.63) is 0 Å². The third kappa shape index (κ3) is 1.91. The van der Waals surface area contributed by atoms with Gasteiger partial charge in [-0.2, -0.15) is 0 Å². The second-order valence-electron chi connectivity index (χ2n) is 3.59. The Hall–Kier alpha value is 0.390. The summed E-state index contributed by atoms with van der Waals surface area (Å²) in [5.74, 6) is 0. The van der Waals surface area contributed by atoms with Crippen molar-refractivity contribution in [2.45, 2.75) is 25.9 Å². The third-order valence-electron chi connectivity index (χ3n) is 1.81. The summed E-state index contributed by atoms with van der Waals surface area (Å²) in [6.07, 6.45) is 2.72. The maximum Gasteiger partial charge on any atom is 0.0161 e. The van der Waals surface area contributed by atoms with Gasteiger partial charge in [-0.25, -0.2) is 0 Å². The molecule has 1 aliphatic heterocycles. The molecule has 1 fully saturated rings. The van der Waals surface area contributed by atoms with Crippen LogP contribution in [-0.4, -0.2) is 24.1 Å². The van der Waals surface area contributed by atoms with E-state index in [2.05, 4.69) is 26.1 Å². The van der Waals surface area contributed by atoms with Crippen LogP contribution in [0.1, 0.15) is 20.8 Å². The molecule has 9 heavy (non-hydrogen) atoms. The van der Waals surface area contributed by atoms with Gasteiger partial charge in [-0.1, -0.05) is 28.7 Å². The van der Waals surface area contributed by atoms with Crippen LogP contribution in [0.15, 0.2) is 0 Å². The molecule has 0 aromatic rings. The number of hydrogen-bond acceptors (Lipinski definition) is 1. The zero-order chi connectivity index (χ0) is 6.91. The molecular weight excluding hydrogens is 129 g/mol. The van der Waals surface area contributed by atoms with Gasteiger partial charge in [0.2, 0.25) is 0 Å². The van der Waals surface area contributed by atoms with E-state index < -0.39 is 0 Å². The normalized spacial score (nSPS) is 29.0. The Balaban J connectivity index is 2.42. The van der Waals surface area contributed by atoms with E-state index in [4.69, 9.17) is 0 Å². The Bertz CT molecular complexity index is 89.6. The van der Waals surface area contributed by atoms with Gasteiger partial charge in [0.05, 0.1) is 0 Å². The van der Waals surface area contributed by atoms with Crippen molar-refractivity contribution < 1.29 is 0 Å². The zero-order valence-electron chi connectivity index (χ0n) is 6.57. The topological polar surface area (TPSA) is 12.0 Å². The van der Waals surface area contributed by atoms with Gasteiger partial charge >= 0.3 is 0 Å². The molecule has 2 heteroatoms. The minimum absolute atomic E-state index is 0.303. The van der Waals surface area contributed by atoms with Crippen LogP contribution in [0.4, 0.5) is 0 Å². The van der Waals surface area contributed by atoms with Gasteiger partial charge in [-0.3, -0.25) is 0 Å². The molecule has 1 nitrogen and oxygen atoms in total. The third-order valence-corrected chi connectivity index (χ3v) is 5.08. The molecule has 0 spiro atoms. The predicted octanol–water partition coefficient (Wildman–Crippen LogP) is 1.83. The molecule has 54 valence electrons. The van der Waals surface area contributed by atoms with Crippen molar-refractivity contribution in [2.24, 2.45) is 0 Å². The summed E-state index contributed by atoms with van der Waals surface area (Å²) in [4.78, 5) is 0. The molecule has 0 radical (unpaired) electrons. The highest BCUT2D eigenvalue weighted by atomic mass is 31.1. The van der Waals surface area contributed by atoms with Gasteiger partial charge in [0.15, 0.2) is 0 Å². The molecular formula is C7H16NP. The molecule has 0 aliphatic carbocycles. The first-order valence-electron chi connectivity index (χ1n) is 3.56. The fraction of sp³-hybridized carbons (Fsp3) is 1.00. The van der Waals surface area contributed by atoms with Crippen LogP contribution in [0, 0.1) is 0 Å². The Kier molecular flexibility index (Phi) is 2.13. The van der Waals surface area contributed by atoms with Gasteiger partial charge in [0, 0.05) is 6.29 Å². The minimum Gasteiger partial charge on any atom is -0.312 e. The van der Waals surface area contributed by atoms with Crippen LogP contribution in [-0.2, 0) is 0 Å². The van der Waals surface area contributed by atoms with E-state index in [1.54, 1.807) is 0 Å². The first-order chi connectivity index (χ1) is 4.11. The van der Waals surface area contributed by atoms with Crippen molar-refractivity contribution in [1.29, 1.82) is 0 Å². The van der Waals surface area contributed by atoms with Crippen molar-refractivity contribution in [3.63, 3.8) is 0 Å². The molecule has 0 aromatic heterocycles. The Morgan fingerprint density at radius 3 is 2.22 bits per heavy atom. The van der Waals surface area contributed by atoms with Gasteiger partial charge in [-0.05, 0) is 17.9 Å². The lowest BCUT2D eigenvalue weighted by atomic mass is 10.3. The molecule has 0 saturated carbocycles. The highest BCUT2D eigenvalue weighted by molar-refractivity contribution is 7.59. The highest BCUT2D eigenvalue weighted by Gasteiger charge is 2.26. The van der Waals surface area contributed by atoms with Crippen LogP contribution >= 0.6 is 7.92 Å². The van der Waals surface area contributed by atoms with Crippen LogP contribution < -0.4 is 5.32 Å². The lowest BCUT2D eigenvalue weighted by molar-refractivity contribution is 0.782. The summed E-state index contributed by atoms with van der Waals surface area (Å²) < 4.78 is 0. The first kappa shape index (κ1) is 7.50. The van der Waals surface area contributed by atoms with Crippen LogP contribution in [0.3, 0.4) is 0 Å². The number of nitrogens with one attached hydrogen (secondary N) is 1. The Morgan fingerprint density at radius 1 is 1.33 bits per heavy atom. The molecule has 1 unspecified atom stereocenters. The molecule has 1 N–H and O–H groups in total. The molecule has 1 rings (SSSR count). The smallest absolute Gasteiger partial charge is 0.0161 e. The summed E-state index contributed by atoms with van der Waals surface area (Å²) in [5, 5.41) is 3.99. The van der Waals surface area contributed by atoms with Crippen molar-refractivity contribution in [1.82, 2.24) is 5.32 Å². The SMILES string of the molecule is CC(C)(C)P1CCNC1. The van der Waals surface area contributed by atoms with E-state index in [1.165, 1.54) is 19.0 Å². The van der Waals surface area contributed by atoms with Crippen molar-refractivity contribution >= 4 is 7.92 Å². The summed E-state index contributed by atoms with van der Waals surface area (Å²) >= 11 is 0. The molecule has 1 heterocycles. The van der Waals surface area contributed by atoms with E-state index in [9.17, 15) is 0 Å². The number of hydrogen-bond donors (Lipinski definition) is 1. The predicted molar refractivity (Wildman–Crippen MR) is 44.4 cm³/mol. The Morgan fingerprint density at radius 2 is 2.00 bits per heavy atom. The lowest BCUT2D eigenvalue weighted by Gasteiger charge is -2.26. The monoisotopic (exact) mass is 145 g/mol. The lowest BCUT2D eigenvalue weighted by Crippen LogP contribution is -2.13. The molecule has 0 amide bonds. The van der Waals surface area contributed by atoms with E-state index in [0.717, 1.165) is 0 Å². The summed E-state index contributed by atoms with van der Waals surface area (Å²) in [7, 11) is 0.303. The van der Waals surface area contributed by atoms with E-state index in [-0.39, 0.29) is 0 Å². The maximum absolute atomic E-state index is 3.41. The summed E-state index contributed by atoms with van der Waals surface area (Å²) in [6, 6.07) is 0. The summed E-state index contributed by atoms with van der Waals surface area (Å²) in [5.41, 5.74) is 0. The summed E-state index contributed by atoms with van der Waals surface area (Å²) in [6.45, 7) is 8.31. The van der Waals surface area contributed by atoms with Crippen LogP contribution in [0.5, 0.6) is 0 Å². The fourth-order valence-electron chi connectivity index (χ4n) is 1.08. The number of rotatable bonds is 0. The average molecular weight is 145 g/mol.